The maximum Gasteiger partial charge on any atom is 0.265 e. The van der Waals surface area contributed by atoms with Crippen molar-refractivity contribution in [2.75, 3.05) is 0 Å². The number of halogens is 2. The van der Waals surface area contributed by atoms with Gasteiger partial charge < -0.3 is 4.74 Å². The van der Waals surface area contributed by atoms with Gasteiger partial charge in [0.1, 0.15) is 17.4 Å². The summed E-state index contributed by atoms with van der Waals surface area (Å²) in [5.41, 5.74) is 0.514. The first-order chi connectivity index (χ1) is 9.15. The number of aryl methyl sites for hydroxylation is 1. The lowest BCUT2D eigenvalue weighted by atomic mass is 10.3. The second-order valence-corrected chi connectivity index (χ2v) is 4.71. The zero-order valence-electron chi connectivity index (χ0n) is 9.84. The molecule has 0 bridgehead atoms. The Kier molecular flexibility index (Phi) is 2.90. The number of aromatic nitrogens is 4. The number of fused-ring (bicyclic) bond motifs is 1. The molecule has 0 N–H and O–H groups in total. The van der Waals surface area contributed by atoms with E-state index in [1.165, 1.54) is 18.2 Å². The molecule has 0 aliphatic carbocycles. The second-order valence-electron chi connectivity index (χ2n) is 3.85. The topological polar surface area (TPSA) is 52.3 Å². The Balaban J connectivity index is 2.03. The van der Waals surface area contributed by atoms with Crippen molar-refractivity contribution in [2.24, 2.45) is 0 Å². The van der Waals surface area contributed by atoms with Crippen LogP contribution in [0.3, 0.4) is 0 Å². The zero-order valence-corrected chi connectivity index (χ0v) is 11.4. The molecule has 0 saturated carbocycles. The minimum atomic E-state index is -0.350. The monoisotopic (exact) mass is 322 g/mol. The first-order valence-corrected chi connectivity index (χ1v) is 6.24. The number of ether oxygens (including phenoxy) is 1. The van der Waals surface area contributed by atoms with Crippen molar-refractivity contribution in [3.63, 3.8) is 0 Å². The number of hydrogen-bond donors (Lipinski definition) is 0. The van der Waals surface area contributed by atoms with Gasteiger partial charge in [0.25, 0.3) is 5.88 Å². The van der Waals surface area contributed by atoms with Gasteiger partial charge in [-0.1, -0.05) is 0 Å². The molecule has 0 unspecified atom stereocenters. The van der Waals surface area contributed by atoms with Gasteiger partial charge in [0.2, 0.25) is 5.65 Å². The molecule has 5 nitrogen and oxygen atoms in total. The summed E-state index contributed by atoms with van der Waals surface area (Å²) in [6, 6.07) is 4.37. The quantitative estimate of drug-likeness (QED) is 0.727. The Morgan fingerprint density at radius 3 is 2.95 bits per heavy atom. The molecule has 3 aromatic rings. The molecule has 0 aliphatic rings. The number of nitrogens with zero attached hydrogens (tertiary/aromatic N) is 4. The molecule has 0 saturated heterocycles. The third-order valence-corrected chi connectivity index (χ3v) is 3.18. The van der Waals surface area contributed by atoms with Crippen LogP contribution < -0.4 is 4.74 Å². The highest BCUT2D eigenvalue weighted by Crippen LogP contribution is 2.27. The Morgan fingerprint density at radius 2 is 2.16 bits per heavy atom. The first kappa shape index (κ1) is 12.0. The summed E-state index contributed by atoms with van der Waals surface area (Å²) in [5.74, 6) is 1.18. The highest BCUT2D eigenvalue weighted by Gasteiger charge is 2.10. The average Bonchev–Trinajstić information content (AvgIpc) is 2.77. The molecule has 0 amide bonds. The van der Waals surface area contributed by atoms with Crippen LogP contribution in [-0.2, 0) is 0 Å². The minimum Gasteiger partial charge on any atom is -0.436 e. The van der Waals surface area contributed by atoms with Crippen LogP contribution in [0, 0.1) is 12.7 Å². The first-order valence-electron chi connectivity index (χ1n) is 5.44. The van der Waals surface area contributed by atoms with Gasteiger partial charge in [-0.2, -0.15) is 0 Å². The number of hydrogen-bond acceptors (Lipinski definition) is 4. The molecule has 3 rings (SSSR count). The van der Waals surface area contributed by atoms with Crippen molar-refractivity contribution in [1.29, 1.82) is 0 Å². The van der Waals surface area contributed by atoms with Crippen molar-refractivity contribution >= 4 is 21.6 Å². The van der Waals surface area contributed by atoms with Gasteiger partial charge in [0, 0.05) is 12.4 Å². The maximum absolute atomic E-state index is 13.1. The van der Waals surface area contributed by atoms with Crippen molar-refractivity contribution in [3.05, 3.63) is 46.7 Å². The molecule has 0 atom stereocenters. The van der Waals surface area contributed by atoms with Crippen LogP contribution in [0.2, 0.25) is 0 Å². The van der Waals surface area contributed by atoms with Gasteiger partial charge in [-0.05, 0) is 41.1 Å². The lowest BCUT2D eigenvalue weighted by Gasteiger charge is -2.06. The van der Waals surface area contributed by atoms with E-state index in [0.29, 0.717) is 21.7 Å². The van der Waals surface area contributed by atoms with E-state index >= 15 is 0 Å². The molecule has 96 valence electrons. The van der Waals surface area contributed by atoms with Crippen molar-refractivity contribution in [1.82, 2.24) is 19.6 Å². The van der Waals surface area contributed by atoms with E-state index < -0.39 is 0 Å². The highest BCUT2D eigenvalue weighted by atomic mass is 79.9. The summed E-state index contributed by atoms with van der Waals surface area (Å²) < 4.78 is 20.9. The molecule has 0 spiro atoms. The Labute approximate surface area is 116 Å². The molecule has 2 aromatic heterocycles. The van der Waals surface area contributed by atoms with Crippen LogP contribution >= 0.6 is 15.9 Å². The van der Waals surface area contributed by atoms with Crippen molar-refractivity contribution in [2.45, 2.75) is 6.92 Å². The largest absolute Gasteiger partial charge is 0.436 e. The van der Waals surface area contributed by atoms with Crippen LogP contribution in [0.25, 0.3) is 5.65 Å². The smallest absolute Gasteiger partial charge is 0.265 e. The van der Waals surface area contributed by atoms with Gasteiger partial charge in [-0.15, -0.1) is 10.2 Å². The third-order valence-electron chi connectivity index (χ3n) is 2.57. The van der Waals surface area contributed by atoms with E-state index in [4.69, 9.17) is 4.74 Å². The third kappa shape index (κ3) is 2.17. The lowest BCUT2D eigenvalue weighted by molar-refractivity contribution is 0.462. The average molecular weight is 323 g/mol. The predicted octanol–water partition coefficient (Wildman–Crippen LogP) is 3.13. The fourth-order valence-electron chi connectivity index (χ4n) is 1.64. The van der Waals surface area contributed by atoms with Crippen LogP contribution in [-0.4, -0.2) is 19.6 Å². The minimum absolute atomic E-state index is 0.321. The summed E-state index contributed by atoms with van der Waals surface area (Å²) in [4.78, 5) is 4.11. The normalized spacial score (nSPS) is 10.9. The summed E-state index contributed by atoms with van der Waals surface area (Å²) in [6.07, 6.45) is 3.34. The number of benzene rings is 1. The summed E-state index contributed by atoms with van der Waals surface area (Å²) in [5, 5.41) is 7.95. The van der Waals surface area contributed by atoms with E-state index in [2.05, 4.69) is 31.1 Å². The molecular weight excluding hydrogens is 315 g/mol. The summed E-state index contributed by atoms with van der Waals surface area (Å²) in [6.45, 7) is 1.83. The van der Waals surface area contributed by atoms with Gasteiger partial charge in [0.05, 0.1) is 4.47 Å². The molecule has 1 aromatic carbocycles. The van der Waals surface area contributed by atoms with Crippen molar-refractivity contribution < 1.29 is 9.13 Å². The molecule has 0 aliphatic heterocycles. The van der Waals surface area contributed by atoms with E-state index in [1.807, 2.05) is 6.92 Å². The van der Waals surface area contributed by atoms with E-state index in [0.717, 1.165) is 5.82 Å². The van der Waals surface area contributed by atoms with Crippen LogP contribution in [0.1, 0.15) is 5.82 Å². The molecule has 0 radical (unpaired) electrons. The Hall–Kier alpha value is -2.02. The van der Waals surface area contributed by atoms with Crippen LogP contribution in [0.4, 0.5) is 4.39 Å². The van der Waals surface area contributed by atoms with Gasteiger partial charge in [0.15, 0.2) is 0 Å². The van der Waals surface area contributed by atoms with E-state index in [1.54, 1.807) is 16.8 Å². The molecule has 2 heterocycles. The number of rotatable bonds is 2. The highest BCUT2D eigenvalue weighted by molar-refractivity contribution is 9.10. The summed E-state index contributed by atoms with van der Waals surface area (Å²) >= 11 is 3.10. The van der Waals surface area contributed by atoms with Crippen LogP contribution in [0.5, 0.6) is 11.6 Å². The molecular formula is C12H8BrFN4O. The Bertz CT molecular complexity index is 759. The maximum atomic E-state index is 13.1. The summed E-state index contributed by atoms with van der Waals surface area (Å²) in [7, 11) is 0. The molecule has 19 heavy (non-hydrogen) atoms. The van der Waals surface area contributed by atoms with Crippen LogP contribution in [0.15, 0.2) is 35.1 Å². The lowest BCUT2D eigenvalue weighted by Crippen LogP contribution is -1.94. The van der Waals surface area contributed by atoms with Crippen molar-refractivity contribution in [3.8, 4) is 11.6 Å². The zero-order chi connectivity index (χ0) is 13.4. The molecule has 7 heteroatoms. The van der Waals surface area contributed by atoms with Gasteiger partial charge in [-0.25, -0.2) is 9.37 Å². The second kappa shape index (κ2) is 4.58. The predicted molar refractivity (Wildman–Crippen MR) is 69.7 cm³/mol. The van der Waals surface area contributed by atoms with E-state index in [9.17, 15) is 4.39 Å². The molecule has 0 fully saturated rings. The fourth-order valence-corrected chi connectivity index (χ4v) is 2.00. The van der Waals surface area contributed by atoms with E-state index in [-0.39, 0.29) is 5.82 Å². The van der Waals surface area contributed by atoms with Gasteiger partial charge >= 0.3 is 0 Å². The SMILES string of the molecule is Cc1nnc2c(Oc3ccc(F)c(Br)c3)nccn12. The Morgan fingerprint density at radius 1 is 1.32 bits per heavy atom. The van der Waals surface area contributed by atoms with Gasteiger partial charge in [-0.3, -0.25) is 4.40 Å². The fraction of sp³-hybridized carbons (Fsp3) is 0.0833. The standard InChI is InChI=1S/C12H8BrFN4O/c1-7-16-17-11-12(15-4-5-18(7)11)19-8-2-3-10(14)9(13)6-8/h2-6H,1H3.